The van der Waals surface area contributed by atoms with Crippen LogP contribution >= 0.6 is 0 Å². The fourth-order valence-electron chi connectivity index (χ4n) is 1.19. The van der Waals surface area contributed by atoms with Crippen LogP contribution < -0.4 is 0 Å². The van der Waals surface area contributed by atoms with Gasteiger partial charge in [0.2, 0.25) is 0 Å². The fourth-order valence-corrected chi connectivity index (χ4v) is 1.19. The molecule has 2 aromatic heterocycles. The van der Waals surface area contributed by atoms with E-state index in [1.807, 2.05) is 24.1 Å². The molecule has 0 atom stereocenters. The van der Waals surface area contributed by atoms with E-state index >= 15 is 0 Å². The summed E-state index contributed by atoms with van der Waals surface area (Å²) in [6.45, 7) is 0.853. The van der Waals surface area contributed by atoms with Crippen LogP contribution in [0.1, 0.15) is 5.56 Å². The number of hydrogen-bond acceptors (Lipinski definition) is 3. The molecule has 68 valence electrons. The lowest BCUT2D eigenvalue weighted by Gasteiger charge is -1.96. The molecule has 0 saturated carbocycles. The third-order valence-corrected chi connectivity index (χ3v) is 1.85. The quantitative estimate of drug-likeness (QED) is 0.675. The van der Waals surface area contributed by atoms with Gasteiger partial charge in [0.1, 0.15) is 12.7 Å². The fraction of sp³-hybridized carbons (Fsp3) is 0.375. The molecule has 0 fully saturated rings. The number of aromatic nitrogens is 5. The summed E-state index contributed by atoms with van der Waals surface area (Å²) in [4.78, 5) is 3.87. The maximum Gasteiger partial charge on any atom is 0.137 e. The maximum atomic E-state index is 4.09. The second kappa shape index (κ2) is 3.38. The Labute approximate surface area is 76.0 Å². The van der Waals surface area contributed by atoms with Crippen LogP contribution in [-0.2, 0) is 20.0 Å². The summed E-state index contributed by atoms with van der Waals surface area (Å²) in [5, 5.41) is 8.10. The molecular weight excluding hydrogens is 166 g/mol. The zero-order valence-electron chi connectivity index (χ0n) is 7.46. The highest BCUT2D eigenvalue weighted by Gasteiger charge is 1.96. The van der Waals surface area contributed by atoms with E-state index in [9.17, 15) is 0 Å². The van der Waals surface area contributed by atoms with Crippen molar-refractivity contribution in [2.45, 2.75) is 13.0 Å². The van der Waals surface area contributed by atoms with Gasteiger partial charge in [-0.1, -0.05) is 0 Å². The van der Waals surface area contributed by atoms with Crippen LogP contribution in [0, 0.1) is 0 Å². The summed E-state index contributed by atoms with van der Waals surface area (Å²) in [5.41, 5.74) is 1.22. The van der Waals surface area contributed by atoms with Crippen molar-refractivity contribution in [3.8, 4) is 0 Å². The average Bonchev–Trinajstić information content (AvgIpc) is 2.71. The van der Waals surface area contributed by atoms with E-state index in [4.69, 9.17) is 0 Å². The molecule has 0 radical (unpaired) electrons. The lowest BCUT2D eigenvalue weighted by atomic mass is 10.2. The molecule has 0 amide bonds. The molecule has 0 saturated heterocycles. The second-order valence-electron chi connectivity index (χ2n) is 2.93. The van der Waals surface area contributed by atoms with E-state index in [2.05, 4.69) is 15.2 Å². The standard InChI is InChI=1S/C8H11N5/c1-12-5-8(4-10-12)2-3-13-7-9-6-11-13/h4-7H,2-3H2,1H3. The van der Waals surface area contributed by atoms with Crippen LogP contribution in [0.25, 0.3) is 0 Å². The monoisotopic (exact) mass is 177 g/mol. The average molecular weight is 177 g/mol. The molecule has 2 heterocycles. The Kier molecular flexibility index (Phi) is 2.08. The topological polar surface area (TPSA) is 48.5 Å². The number of nitrogens with zero attached hydrogens (tertiary/aromatic N) is 5. The lowest BCUT2D eigenvalue weighted by Crippen LogP contribution is -2.00. The molecule has 0 aliphatic heterocycles. The maximum absolute atomic E-state index is 4.09. The first-order valence-corrected chi connectivity index (χ1v) is 4.14. The summed E-state index contributed by atoms with van der Waals surface area (Å²) >= 11 is 0. The van der Waals surface area contributed by atoms with Gasteiger partial charge in [-0.15, -0.1) is 0 Å². The van der Waals surface area contributed by atoms with Gasteiger partial charge in [0, 0.05) is 19.8 Å². The van der Waals surface area contributed by atoms with Crippen molar-refractivity contribution in [1.82, 2.24) is 24.5 Å². The van der Waals surface area contributed by atoms with Crippen molar-refractivity contribution in [3.05, 3.63) is 30.6 Å². The Morgan fingerprint density at radius 1 is 1.38 bits per heavy atom. The van der Waals surface area contributed by atoms with Crippen molar-refractivity contribution in [2.24, 2.45) is 7.05 Å². The molecule has 5 nitrogen and oxygen atoms in total. The van der Waals surface area contributed by atoms with Gasteiger partial charge >= 0.3 is 0 Å². The summed E-state index contributed by atoms with van der Waals surface area (Å²) in [6, 6.07) is 0. The zero-order valence-corrected chi connectivity index (χ0v) is 7.46. The molecule has 2 aromatic rings. The van der Waals surface area contributed by atoms with Crippen LogP contribution in [0.2, 0.25) is 0 Å². The van der Waals surface area contributed by atoms with E-state index in [0.717, 1.165) is 13.0 Å². The van der Waals surface area contributed by atoms with Crippen LogP contribution in [0.3, 0.4) is 0 Å². The Hall–Kier alpha value is -1.65. The van der Waals surface area contributed by atoms with Gasteiger partial charge in [0.25, 0.3) is 0 Å². The Bertz CT molecular complexity index is 362. The molecule has 0 N–H and O–H groups in total. The first-order valence-electron chi connectivity index (χ1n) is 4.14. The van der Waals surface area contributed by atoms with Crippen molar-refractivity contribution in [2.75, 3.05) is 0 Å². The van der Waals surface area contributed by atoms with Crippen LogP contribution in [0.4, 0.5) is 0 Å². The predicted octanol–water partition coefficient (Wildman–Crippen LogP) is 0.254. The van der Waals surface area contributed by atoms with Gasteiger partial charge in [-0.3, -0.25) is 9.36 Å². The third kappa shape index (κ3) is 1.93. The molecule has 0 unspecified atom stereocenters. The normalized spacial score (nSPS) is 10.5. The van der Waals surface area contributed by atoms with Gasteiger partial charge in [0.15, 0.2) is 0 Å². The number of hydrogen-bond donors (Lipinski definition) is 0. The van der Waals surface area contributed by atoms with E-state index < -0.39 is 0 Å². The summed E-state index contributed by atoms with van der Waals surface area (Å²) in [6.07, 6.45) is 8.09. The molecule has 5 heteroatoms. The minimum Gasteiger partial charge on any atom is -0.276 e. The minimum absolute atomic E-state index is 0.853. The highest BCUT2D eigenvalue weighted by Crippen LogP contribution is 1.98. The highest BCUT2D eigenvalue weighted by atomic mass is 15.3. The third-order valence-electron chi connectivity index (χ3n) is 1.85. The SMILES string of the molecule is Cn1cc(CCn2cncn2)cn1. The van der Waals surface area contributed by atoms with Crippen LogP contribution in [0.15, 0.2) is 25.0 Å². The number of aryl methyl sites for hydroxylation is 3. The van der Waals surface area contributed by atoms with Gasteiger partial charge < -0.3 is 0 Å². The molecular formula is C8H11N5. The summed E-state index contributed by atoms with van der Waals surface area (Å²) in [5.74, 6) is 0. The minimum atomic E-state index is 0.853. The Morgan fingerprint density at radius 2 is 2.31 bits per heavy atom. The first kappa shape index (κ1) is 7.97. The molecule has 0 aromatic carbocycles. The Morgan fingerprint density at radius 3 is 2.92 bits per heavy atom. The van der Waals surface area contributed by atoms with Crippen molar-refractivity contribution < 1.29 is 0 Å². The zero-order chi connectivity index (χ0) is 9.10. The molecule has 2 rings (SSSR count). The second-order valence-corrected chi connectivity index (χ2v) is 2.93. The molecule has 0 spiro atoms. The lowest BCUT2D eigenvalue weighted by molar-refractivity contribution is 0.613. The number of rotatable bonds is 3. The first-order chi connectivity index (χ1) is 6.34. The van der Waals surface area contributed by atoms with Crippen molar-refractivity contribution in [3.63, 3.8) is 0 Å². The van der Waals surface area contributed by atoms with E-state index in [1.165, 1.54) is 5.56 Å². The smallest absolute Gasteiger partial charge is 0.137 e. The van der Waals surface area contributed by atoms with E-state index in [-0.39, 0.29) is 0 Å². The molecule has 0 bridgehead atoms. The van der Waals surface area contributed by atoms with E-state index in [1.54, 1.807) is 17.3 Å². The van der Waals surface area contributed by atoms with Crippen LogP contribution in [0.5, 0.6) is 0 Å². The van der Waals surface area contributed by atoms with E-state index in [0.29, 0.717) is 0 Å². The van der Waals surface area contributed by atoms with Gasteiger partial charge in [0.05, 0.1) is 6.20 Å². The molecule has 0 aliphatic carbocycles. The summed E-state index contributed by atoms with van der Waals surface area (Å²) in [7, 11) is 1.92. The van der Waals surface area contributed by atoms with Crippen molar-refractivity contribution in [1.29, 1.82) is 0 Å². The van der Waals surface area contributed by atoms with Gasteiger partial charge in [-0.25, -0.2) is 4.98 Å². The highest BCUT2D eigenvalue weighted by molar-refractivity contribution is 5.03. The van der Waals surface area contributed by atoms with Crippen molar-refractivity contribution >= 4 is 0 Å². The van der Waals surface area contributed by atoms with Gasteiger partial charge in [-0.2, -0.15) is 10.2 Å². The summed E-state index contributed by atoms with van der Waals surface area (Å²) < 4.78 is 3.61. The largest absolute Gasteiger partial charge is 0.276 e. The molecule has 0 aliphatic rings. The predicted molar refractivity (Wildman–Crippen MR) is 46.9 cm³/mol. The Balaban J connectivity index is 1.93. The van der Waals surface area contributed by atoms with Crippen LogP contribution in [-0.4, -0.2) is 24.5 Å². The van der Waals surface area contributed by atoms with Gasteiger partial charge in [-0.05, 0) is 12.0 Å². The molecule has 13 heavy (non-hydrogen) atoms.